The molecule has 7 nitrogen and oxygen atoms in total. The van der Waals surface area contributed by atoms with E-state index in [0.29, 0.717) is 11.5 Å². The first-order valence-electron chi connectivity index (χ1n) is 5.56. The van der Waals surface area contributed by atoms with Crippen LogP contribution in [0.3, 0.4) is 0 Å². The quantitative estimate of drug-likeness (QED) is 0.739. The van der Waals surface area contributed by atoms with Crippen molar-refractivity contribution in [3.63, 3.8) is 0 Å². The van der Waals surface area contributed by atoms with Gasteiger partial charge in [-0.15, -0.1) is 14.8 Å². The molecule has 3 rings (SSSR count). The van der Waals surface area contributed by atoms with Crippen molar-refractivity contribution in [1.82, 2.24) is 30.2 Å². The van der Waals surface area contributed by atoms with Gasteiger partial charge in [0.1, 0.15) is 5.82 Å². The Morgan fingerprint density at radius 3 is 3.00 bits per heavy atom. The molecule has 0 aromatic carbocycles. The Kier molecular flexibility index (Phi) is 2.56. The van der Waals surface area contributed by atoms with Gasteiger partial charge >= 0.3 is 0 Å². The van der Waals surface area contributed by atoms with Gasteiger partial charge in [0.15, 0.2) is 5.65 Å². The molecule has 1 atom stereocenters. The molecule has 18 heavy (non-hydrogen) atoms. The SMILES string of the molecule is CC(Nc1ccc2nnnn2n1)c1ccccn1. The van der Waals surface area contributed by atoms with Gasteiger partial charge in [0.05, 0.1) is 11.7 Å². The van der Waals surface area contributed by atoms with Crippen LogP contribution in [0.25, 0.3) is 5.65 Å². The van der Waals surface area contributed by atoms with Crippen molar-refractivity contribution in [2.24, 2.45) is 0 Å². The standard InChI is InChI=1S/C11H11N7/c1-8(9-4-2-3-7-12-9)13-10-5-6-11-14-16-17-18(11)15-10/h2-8H,1H3,(H,13,15). The van der Waals surface area contributed by atoms with Gasteiger partial charge in [0.25, 0.3) is 0 Å². The van der Waals surface area contributed by atoms with E-state index in [4.69, 9.17) is 0 Å². The highest BCUT2D eigenvalue weighted by Crippen LogP contribution is 2.15. The van der Waals surface area contributed by atoms with Crippen LogP contribution in [0.2, 0.25) is 0 Å². The maximum absolute atomic E-state index is 4.29. The summed E-state index contributed by atoms with van der Waals surface area (Å²) in [5.41, 5.74) is 1.57. The van der Waals surface area contributed by atoms with Gasteiger partial charge in [-0.3, -0.25) is 4.98 Å². The summed E-state index contributed by atoms with van der Waals surface area (Å²) < 4.78 is 1.38. The molecule has 0 bridgehead atoms. The van der Waals surface area contributed by atoms with Gasteiger partial charge in [0, 0.05) is 6.20 Å². The minimum Gasteiger partial charge on any atom is -0.360 e. The molecular formula is C11H11N7. The van der Waals surface area contributed by atoms with Crippen LogP contribution in [0.1, 0.15) is 18.7 Å². The van der Waals surface area contributed by atoms with Crippen molar-refractivity contribution in [3.8, 4) is 0 Å². The Balaban J connectivity index is 1.83. The third-order valence-electron chi connectivity index (χ3n) is 2.57. The lowest BCUT2D eigenvalue weighted by molar-refractivity contribution is 0.725. The van der Waals surface area contributed by atoms with Crippen molar-refractivity contribution in [2.45, 2.75) is 13.0 Å². The van der Waals surface area contributed by atoms with Crippen LogP contribution in [0, 0.1) is 0 Å². The Morgan fingerprint density at radius 1 is 1.22 bits per heavy atom. The molecule has 0 saturated carbocycles. The summed E-state index contributed by atoms with van der Waals surface area (Å²) in [5, 5.41) is 18.6. The van der Waals surface area contributed by atoms with Gasteiger partial charge in [-0.1, -0.05) is 6.07 Å². The molecule has 90 valence electrons. The van der Waals surface area contributed by atoms with E-state index in [9.17, 15) is 0 Å². The van der Waals surface area contributed by atoms with E-state index in [1.807, 2.05) is 31.2 Å². The molecule has 7 heteroatoms. The first-order chi connectivity index (χ1) is 8.83. The van der Waals surface area contributed by atoms with Crippen LogP contribution >= 0.6 is 0 Å². The molecule has 3 aromatic heterocycles. The molecule has 0 aliphatic carbocycles. The fourth-order valence-electron chi connectivity index (χ4n) is 1.65. The van der Waals surface area contributed by atoms with Crippen LogP contribution in [-0.2, 0) is 0 Å². The lowest BCUT2D eigenvalue weighted by atomic mass is 10.2. The number of anilines is 1. The van der Waals surface area contributed by atoms with E-state index >= 15 is 0 Å². The Hall–Kier alpha value is -2.57. The third kappa shape index (κ3) is 1.97. The van der Waals surface area contributed by atoms with Crippen molar-refractivity contribution in [3.05, 3.63) is 42.2 Å². The Morgan fingerprint density at radius 2 is 2.17 bits per heavy atom. The number of pyridine rings is 1. The average molecular weight is 241 g/mol. The summed E-state index contributed by atoms with van der Waals surface area (Å²) in [6, 6.07) is 9.52. The highest BCUT2D eigenvalue weighted by atomic mass is 15.6. The molecule has 3 aromatic rings. The van der Waals surface area contributed by atoms with Gasteiger partial charge in [0.2, 0.25) is 0 Å². The number of hydrogen-bond donors (Lipinski definition) is 1. The molecule has 0 radical (unpaired) electrons. The fraction of sp³-hybridized carbons (Fsp3) is 0.182. The summed E-state index contributed by atoms with van der Waals surface area (Å²) >= 11 is 0. The van der Waals surface area contributed by atoms with E-state index in [1.54, 1.807) is 12.3 Å². The highest BCUT2D eigenvalue weighted by molar-refractivity contribution is 5.43. The minimum absolute atomic E-state index is 0.0626. The van der Waals surface area contributed by atoms with E-state index < -0.39 is 0 Å². The van der Waals surface area contributed by atoms with Crippen molar-refractivity contribution in [2.75, 3.05) is 5.32 Å². The van der Waals surface area contributed by atoms with E-state index in [2.05, 4.69) is 30.9 Å². The van der Waals surface area contributed by atoms with E-state index in [0.717, 1.165) is 5.69 Å². The summed E-state index contributed by atoms with van der Waals surface area (Å²) in [6.45, 7) is 2.02. The number of nitrogens with zero attached hydrogens (tertiary/aromatic N) is 6. The van der Waals surface area contributed by atoms with Gasteiger partial charge in [-0.05, 0) is 41.6 Å². The van der Waals surface area contributed by atoms with E-state index in [1.165, 1.54) is 4.63 Å². The van der Waals surface area contributed by atoms with Crippen molar-refractivity contribution in [1.29, 1.82) is 0 Å². The molecule has 1 unspecified atom stereocenters. The summed E-state index contributed by atoms with van der Waals surface area (Å²) in [5.74, 6) is 0.702. The lowest BCUT2D eigenvalue weighted by Crippen LogP contribution is -2.10. The largest absolute Gasteiger partial charge is 0.360 e. The van der Waals surface area contributed by atoms with Crippen LogP contribution in [0.15, 0.2) is 36.5 Å². The number of hydrogen-bond acceptors (Lipinski definition) is 6. The number of tetrazole rings is 1. The smallest absolute Gasteiger partial charge is 0.200 e. The van der Waals surface area contributed by atoms with Gasteiger partial charge in [-0.2, -0.15) is 0 Å². The van der Waals surface area contributed by atoms with Crippen molar-refractivity contribution >= 4 is 11.5 Å². The predicted molar refractivity (Wildman–Crippen MR) is 64.9 cm³/mol. The molecule has 0 saturated heterocycles. The van der Waals surface area contributed by atoms with Crippen LogP contribution in [0.4, 0.5) is 5.82 Å². The Labute approximate surface area is 103 Å². The number of rotatable bonds is 3. The lowest BCUT2D eigenvalue weighted by Gasteiger charge is -2.13. The predicted octanol–water partition coefficient (Wildman–Crippen LogP) is 1.09. The van der Waals surface area contributed by atoms with Crippen LogP contribution in [0.5, 0.6) is 0 Å². The number of fused-ring (bicyclic) bond motifs is 1. The third-order valence-corrected chi connectivity index (χ3v) is 2.57. The number of nitrogens with one attached hydrogen (secondary N) is 1. The molecule has 1 N–H and O–H groups in total. The zero-order valence-corrected chi connectivity index (χ0v) is 9.72. The first kappa shape index (κ1) is 10.6. The summed E-state index contributed by atoms with van der Waals surface area (Å²) in [7, 11) is 0. The molecule has 0 aliphatic rings. The van der Waals surface area contributed by atoms with Gasteiger partial charge in [-0.25, -0.2) is 0 Å². The molecule has 0 fully saturated rings. The number of aromatic nitrogens is 6. The second-order valence-electron chi connectivity index (χ2n) is 3.87. The maximum atomic E-state index is 4.29. The van der Waals surface area contributed by atoms with Crippen molar-refractivity contribution < 1.29 is 0 Å². The second-order valence-corrected chi connectivity index (χ2v) is 3.87. The maximum Gasteiger partial charge on any atom is 0.200 e. The minimum atomic E-state index is 0.0626. The topological polar surface area (TPSA) is 80.9 Å². The molecule has 0 aliphatic heterocycles. The molecular weight excluding hydrogens is 230 g/mol. The first-order valence-corrected chi connectivity index (χ1v) is 5.56. The molecule has 0 spiro atoms. The van der Waals surface area contributed by atoms with Crippen LogP contribution in [-0.4, -0.2) is 30.2 Å². The fourth-order valence-corrected chi connectivity index (χ4v) is 1.65. The average Bonchev–Trinajstić information content (AvgIpc) is 2.87. The summed E-state index contributed by atoms with van der Waals surface area (Å²) in [6.07, 6.45) is 1.77. The van der Waals surface area contributed by atoms with E-state index in [-0.39, 0.29) is 6.04 Å². The second kappa shape index (κ2) is 4.36. The highest BCUT2D eigenvalue weighted by Gasteiger charge is 2.07. The van der Waals surface area contributed by atoms with Crippen LogP contribution < -0.4 is 5.32 Å². The zero-order valence-electron chi connectivity index (χ0n) is 9.72. The monoisotopic (exact) mass is 241 g/mol. The normalized spacial score (nSPS) is 12.5. The molecule has 3 heterocycles. The zero-order chi connectivity index (χ0) is 12.4. The Bertz CT molecular complexity index is 649. The molecule has 0 amide bonds. The summed E-state index contributed by atoms with van der Waals surface area (Å²) in [4.78, 5) is 4.29. The van der Waals surface area contributed by atoms with Gasteiger partial charge < -0.3 is 5.32 Å².